The molecule has 1 atom stereocenters. The van der Waals surface area contributed by atoms with Gasteiger partial charge in [0.1, 0.15) is 0 Å². The van der Waals surface area contributed by atoms with E-state index in [-0.39, 0.29) is 6.04 Å². The lowest BCUT2D eigenvalue weighted by atomic mass is 9.99. The van der Waals surface area contributed by atoms with Gasteiger partial charge in [-0.1, -0.05) is 6.07 Å². The fourth-order valence-corrected chi connectivity index (χ4v) is 3.09. The van der Waals surface area contributed by atoms with E-state index in [1.54, 1.807) is 6.20 Å². The second-order valence-corrected chi connectivity index (χ2v) is 5.22. The van der Waals surface area contributed by atoms with Gasteiger partial charge in [-0.05, 0) is 24.6 Å². The molecule has 0 saturated carbocycles. The van der Waals surface area contributed by atoms with E-state index >= 15 is 0 Å². The molecule has 1 aromatic heterocycles. The summed E-state index contributed by atoms with van der Waals surface area (Å²) in [5, 5.41) is 0. The largest absolute Gasteiger partial charge is 0.346 e. The summed E-state index contributed by atoms with van der Waals surface area (Å²) in [5.41, 5.74) is 7.14. The Morgan fingerprint density at radius 2 is 2.26 bits per heavy atom. The second kappa shape index (κ2) is 5.54. The van der Waals surface area contributed by atoms with E-state index < -0.39 is 5.79 Å². The molecule has 3 heterocycles. The van der Waals surface area contributed by atoms with Crippen LogP contribution in [0.4, 0.5) is 0 Å². The van der Waals surface area contributed by atoms with E-state index in [1.807, 2.05) is 12.3 Å². The highest BCUT2D eigenvalue weighted by atomic mass is 16.7. The molecule has 5 nitrogen and oxygen atoms in total. The SMILES string of the molecule is NCC(c1cccnc1)N1CCCC2(C1)OCCO2. The number of hydrogen-bond acceptors (Lipinski definition) is 5. The van der Waals surface area contributed by atoms with Gasteiger partial charge in [0.2, 0.25) is 0 Å². The quantitative estimate of drug-likeness (QED) is 0.878. The number of ether oxygens (including phenoxy) is 2. The van der Waals surface area contributed by atoms with Gasteiger partial charge in [-0.2, -0.15) is 0 Å². The third-order valence-corrected chi connectivity index (χ3v) is 3.99. The van der Waals surface area contributed by atoms with E-state index in [0.29, 0.717) is 19.8 Å². The summed E-state index contributed by atoms with van der Waals surface area (Å²) in [6, 6.07) is 4.24. The number of hydrogen-bond donors (Lipinski definition) is 1. The molecule has 1 spiro atoms. The Morgan fingerprint density at radius 1 is 1.42 bits per heavy atom. The van der Waals surface area contributed by atoms with Crippen LogP contribution in [0.1, 0.15) is 24.4 Å². The molecule has 0 aromatic carbocycles. The van der Waals surface area contributed by atoms with Crippen molar-refractivity contribution in [3.63, 3.8) is 0 Å². The van der Waals surface area contributed by atoms with Crippen molar-refractivity contribution in [2.45, 2.75) is 24.7 Å². The first kappa shape index (κ1) is 13.0. The molecule has 2 fully saturated rings. The summed E-state index contributed by atoms with van der Waals surface area (Å²) >= 11 is 0. The van der Waals surface area contributed by atoms with Crippen LogP contribution in [-0.4, -0.2) is 48.5 Å². The van der Waals surface area contributed by atoms with Crippen LogP contribution in [0.5, 0.6) is 0 Å². The maximum absolute atomic E-state index is 5.97. The van der Waals surface area contributed by atoms with Crippen molar-refractivity contribution >= 4 is 0 Å². The Morgan fingerprint density at radius 3 is 2.95 bits per heavy atom. The molecular formula is C14H21N3O2. The van der Waals surface area contributed by atoms with E-state index in [1.165, 1.54) is 5.56 Å². The maximum atomic E-state index is 5.97. The minimum Gasteiger partial charge on any atom is -0.346 e. The van der Waals surface area contributed by atoms with Crippen LogP contribution in [0.15, 0.2) is 24.5 Å². The highest BCUT2D eigenvalue weighted by Gasteiger charge is 2.42. The van der Waals surface area contributed by atoms with Gasteiger partial charge in [-0.3, -0.25) is 9.88 Å². The van der Waals surface area contributed by atoms with Gasteiger partial charge in [0.25, 0.3) is 0 Å². The van der Waals surface area contributed by atoms with Gasteiger partial charge in [0.15, 0.2) is 5.79 Å². The number of piperidine rings is 1. The molecule has 1 unspecified atom stereocenters. The normalized spacial score (nSPS) is 24.7. The van der Waals surface area contributed by atoms with Crippen LogP contribution in [-0.2, 0) is 9.47 Å². The molecule has 0 aliphatic carbocycles. The lowest BCUT2D eigenvalue weighted by Crippen LogP contribution is -2.51. The first-order valence-corrected chi connectivity index (χ1v) is 6.95. The molecule has 0 radical (unpaired) electrons. The number of aromatic nitrogens is 1. The van der Waals surface area contributed by atoms with E-state index in [9.17, 15) is 0 Å². The van der Waals surface area contributed by atoms with Crippen molar-refractivity contribution in [1.29, 1.82) is 0 Å². The zero-order chi connectivity index (χ0) is 13.1. The molecule has 2 aliphatic heterocycles. The topological polar surface area (TPSA) is 60.6 Å². The molecule has 104 valence electrons. The molecule has 2 aliphatic rings. The van der Waals surface area contributed by atoms with Crippen molar-refractivity contribution in [1.82, 2.24) is 9.88 Å². The van der Waals surface area contributed by atoms with Crippen LogP contribution < -0.4 is 5.73 Å². The minimum absolute atomic E-state index is 0.193. The number of nitrogens with two attached hydrogens (primary N) is 1. The Hall–Kier alpha value is -1.01. The highest BCUT2D eigenvalue weighted by molar-refractivity contribution is 5.15. The summed E-state index contributed by atoms with van der Waals surface area (Å²) in [7, 11) is 0. The van der Waals surface area contributed by atoms with E-state index in [2.05, 4.69) is 16.0 Å². The van der Waals surface area contributed by atoms with Crippen LogP contribution >= 0.6 is 0 Å². The molecule has 2 N–H and O–H groups in total. The molecule has 0 bridgehead atoms. The fraction of sp³-hybridized carbons (Fsp3) is 0.643. The summed E-state index contributed by atoms with van der Waals surface area (Å²) in [6.45, 7) is 3.82. The number of rotatable bonds is 3. The van der Waals surface area contributed by atoms with E-state index in [4.69, 9.17) is 15.2 Å². The predicted molar refractivity (Wildman–Crippen MR) is 71.5 cm³/mol. The van der Waals surface area contributed by atoms with Crippen LogP contribution in [0.3, 0.4) is 0 Å². The summed E-state index contributed by atoms with van der Waals surface area (Å²) in [6.07, 6.45) is 5.75. The monoisotopic (exact) mass is 263 g/mol. The molecule has 5 heteroatoms. The van der Waals surface area contributed by atoms with Gasteiger partial charge in [0.05, 0.1) is 19.8 Å². The molecule has 1 aromatic rings. The average molecular weight is 263 g/mol. The Bertz CT molecular complexity index is 406. The van der Waals surface area contributed by atoms with Gasteiger partial charge in [0, 0.05) is 31.4 Å². The fourth-order valence-electron chi connectivity index (χ4n) is 3.09. The smallest absolute Gasteiger partial charge is 0.181 e. The minimum atomic E-state index is -0.395. The third-order valence-electron chi connectivity index (χ3n) is 3.99. The number of likely N-dealkylation sites (tertiary alicyclic amines) is 1. The summed E-state index contributed by atoms with van der Waals surface area (Å²) in [5.74, 6) is -0.395. The van der Waals surface area contributed by atoms with Crippen molar-refractivity contribution in [3.8, 4) is 0 Å². The molecule has 3 rings (SSSR count). The highest BCUT2D eigenvalue weighted by Crippen LogP contribution is 2.33. The lowest BCUT2D eigenvalue weighted by molar-refractivity contribution is -0.193. The predicted octanol–water partition coefficient (Wildman–Crippen LogP) is 0.920. The van der Waals surface area contributed by atoms with Crippen molar-refractivity contribution in [3.05, 3.63) is 30.1 Å². The van der Waals surface area contributed by atoms with Gasteiger partial charge in [-0.25, -0.2) is 0 Å². The number of pyridine rings is 1. The third kappa shape index (κ3) is 2.65. The van der Waals surface area contributed by atoms with Crippen LogP contribution in [0, 0.1) is 0 Å². The van der Waals surface area contributed by atoms with Crippen molar-refractivity contribution < 1.29 is 9.47 Å². The van der Waals surface area contributed by atoms with E-state index in [0.717, 1.165) is 25.9 Å². The van der Waals surface area contributed by atoms with Crippen LogP contribution in [0.25, 0.3) is 0 Å². The van der Waals surface area contributed by atoms with Gasteiger partial charge < -0.3 is 15.2 Å². The zero-order valence-corrected chi connectivity index (χ0v) is 11.1. The summed E-state index contributed by atoms with van der Waals surface area (Å²) < 4.78 is 11.6. The standard InChI is InChI=1S/C14H21N3O2/c15-9-13(12-3-1-5-16-10-12)17-6-2-4-14(11-17)18-7-8-19-14/h1,3,5,10,13H,2,4,6-9,11,15H2. The second-order valence-electron chi connectivity index (χ2n) is 5.22. The van der Waals surface area contributed by atoms with Gasteiger partial charge in [-0.15, -0.1) is 0 Å². The Kier molecular flexibility index (Phi) is 3.79. The Balaban J connectivity index is 1.76. The zero-order valence-electron chi connectivity index (χ0n) is 11.1. The molecular weight excluding hydrogens is 242 g/mol. The van der Waals surface area contributed by atoms with Gasteiger partial charge >= 0.3 is 0 Å². The molecule has 2 saturated heterocycles. The van der Waals surface area contributed by atoms with Crippen molar-refractivity contribution in [2.24, 2.45) is 5.73 Å². The molecule has 19 heavy (non-hydrogen) atoms. The maximum Gasteiger partial charge on any atom is 0.181 e. The molecule has 0 amide bonds. The lowest BCUT2D eigenvalue weighted by Gasteiger charge is -2.42. The number of nitrogens with zero attached hydrogens (tertiary/aromatic N) is 2. The first-order chi connectivity index (χ1) is 9.33. The van der Waals surface area contributed by atoms with Crippen molar-refractivity contribution in [2.75, 3.05) is 32.8 Å². The first-order valence-electron chi connectivity index (χ1n) is 6.95. The Labute approximate surface area is 113 Å². The summed E-state index contributed by atoms with van der Waals surface area (Å²) in [4.78, 5) is 6.56. The van der Waals surface area contributed by atoms with Crippen LogP contribution in [0.2, 0.25) is 0 Å². The average Bonchev–Trinajstić information content (AvgIpc) is 2.89.